The van der Waals surface area contributed by atoms with Gasteiger partial charge >= 0.3 is 0 Å². The normalized spacial score (nSPS) is 24.8. The minimum atomic E-state index is -1.15. The topological polar surface area (TPSA) is 142 Å². The van der Waals surface area contributed by atoms with Crippen molar-refractivity contribution in [1.82, 2.24) is 20.2 Å². The van der Waals surface area contributed by atoms with Gasteiger partial charge in [0.05, 0.1) is 5.56 Å². The summed E-state index contributed by atoms with van der Waals surface area (Å²) in [5.41, 5.74) is 0.972. The minimum Gasteiger partial charge on any atom is -0.367 e. The van der Waals surface area contributed by atoms with Crippen molar-refractivity contribution in [2.24, 2.45) is 23.2 Å². The number of nitrogens with zero attached hydrogens (tertiary/aromatic N) is 1. The molecule has 4 bridgehead atoms. The molecular weight excluding hydrogens is 546 g/mol. The number of H-pyrrole nitrogens is 1. The van der Waals surface area contributed by atoms with E-state index >= 15 is 0 Å². The van der Waals surface area contributed by atoms with Gasteiger partial charge in [0.2, 0.25) is 11.7 Å². The molecule has 10 nitrogen and oxygen atoms in total. The van der Waals surface area contributed by atoms with Crippen LogP contribution in [0.5, 0.6) is 0 Å². The second-order valence-electron chi connectivity index (χ2n) is 14.2. The van der Waals surface area contributed by atoms with E-state index in [4.69, 9.17) is 0 Å². The van der Waals surface area contributed by atoms with Gasteiger partial charge in [-0.3, -0.25) is 24.0 Å². The summed E-state index contributed by atoms with van der Waals surface area (Å²) >= 11 is 0. The lowest BCUT2D eigenvalue weighted by atomic mass is 9.49. The molecule has 0 radical (unpaired) electrons. The molecule has 3 amide bonds. The number of nitrogens with one attached hydrogen (secondary N) is 4. The second-order valence-corrected chi connectivity index (χ2v) is 14.2. The lowest BCUT2D eigenvalue weighted by Crippen LogP contribution is -2.46. The van der Waals surface area contributed by atoms with Crippen LogP contribution in [0.25, 0.3) is 0 Å². The standard InChI is InChI=1S/C33H45N5O5/c1-32(2,3)24-19-35-18-23(24)28(40)36-25(7-8-27(39)30(42)34-4)29(41)37-26-6-5-10-38(31(26)43)11-9-33-15-20-12-21(16-33)14-22(13-20)17-33/h5-6,10,18-22,25,35H,7-9,11-17H2,1-4H3,(H,34,42)(H,36,40)(H,37,41)/t20?,21?,22?,25-,33?/m0/s1. The van der Waals surface area contributed by atoms with Gasteiger partial charge in [0.25, 0.3) is 17.4 Å². The Morgan fingerprint density at radius 2 is 1.70 bits per heavy atom. The van der Waals surface area contributed by atoms with Gasteiger partial charge in [-0.25, -0.2) is 0 Å². The molecule has 43 heavy (non-hydrogen) atoms. The minimum absolute atomic E-state index is 0.105. The average molecular weight is 592 g/mol. The highest BCUT2D eigenvalue weighted by atomic mass is 16.2. The summed E-state index contributed by atoms with van der Waals surface area (Å²) in [6, 6.07) is 2.15. The van der Waals surface area contributed by atoms with Crippen LogP contribution in [0.3, 0.4) is 0 Å². The molecule has 2 aromatic heterocycles. The number of pyridine rings is 1. The Hall–Kier alpha value is -3.69. The highest BCUT2D eigenvalue weighted by molar-refractivity contribution is 6.36. The van der Waals surface area contributed by atoms with Crippen LogP contribution < -0.4 is 21.5 Å². The number of likely N-dealkylation sites (N-methyl/N-ethyl adjacent to an activating group) is 1. The van der Waals surface area contributed by atoms with Gasteiger partial charge in [-0.2, -0.15) is 0 Å². The molecule has 0 unspecified atom stereocenters. The third kappa shape index (κ3) is 6.78. The first kappa shape index (κ1) is 30.8. The number of hydrogen-bond acceptors (Lipinski definition) is 5. The van der Waals surface area contributed by atoms with Crippen molar-refractivity contribution < 1.29 is 19.2 Å². The predicted molar refractivity (Wildman–Crippen MR) is 164 cm³/mol. The molecule has 0 spiro atoms. The number of anilines is 1. The number of aromatic nitrogens is 2. The summed E-state index contributed by atoms with van der Waals surface area (Å²) in [4.78, 5) is 67.3. The van der Waals surface area contributed by atoms with Crippen LogP contribution in [0.4, 0.5) is 5.69 Å². The molecule has 0 saturated heterocycles. The Labute approximate surface area is 252 Å². The first-order chi connectivity index (χ1) is 20.4. The number of ketones is 1. The summed E-state index contributed by atoms with van der Waals surface area (Å²) in [6.45, 7) is 6.52. The van der Waals surface area contributed by atoms with Gasteiger partial charge in [-0.15, -0.1) is 0 Å². The van der Waals surface area contributed by atoms with Crippen molar-refractivity contribution >= 4 is 29.2 Å². The Balaban J connectivity index is 1.29. The number of carbonyl (C=O) groups is 4. The number of Topliss-reactive ketones (excluding diaryl/α,β-unsaturated/α-hetero) is 1. The van der Waals surface area contributed by atoms with Crippen LogP contribution >= 0.6 is 0 Å². The Bertz CT molecular complexity index is 1410. The molecular formula is C33H45N5O5. The van der Waals surface area contributed by atoms with Crippen molar-refractivity contribution in [2.75, 3.05) is 12.4 Å². The SMILES string of the molecule is CNC(=O)C(=O)CC[C@H](NC(=O)c1c[nH]cc1C(C)(C)C)C(=O)Nc1cccn(CCC23CC4CC(CC(C4)C2)C3)c1=O. The maximum Gasteiger partial charge on any atom is 0.287 e. The fourth-order valence-corrected chi connectivity index (χ4v) is 8.19. The van der Waals surface area contributed by atoms with Crippen molar-refractivity contribution in [2.45, 2.75) is 96.6 Å². The first-order valence-corrected chi connectivity index (χ1v) is 15.6. The van der Waals surface area contributed by atoms with Crippen LogP contribution in [0.1, 0.15) is 94.5 Å². The van der Waals surface area contributed by atoms with Gasteiger partial charge in [0.15, 0.2) is 0 Å². The van der Waals surface area contributed by atoms with Crippen molar-refractivity contribution in [3.8, 4) is 0 Å². The third-order valence-electron chi connectivity index (χ3n) is 9.89. The van der Waals surface area contributed by atoms with Crippen molar-refractivity contribution in [3.05, 3.63) is 52.2 Å². The molecule has 4 N–H and O–H groups in total. The molecule has 4 fully saturated rings. The molecule has 0 aliphatic heterocycles. The van der Waals surface area contributed by atoms with E-state index in [0.29, 0.717) is 17.5 Å². The van der Waals surface area contributed by atoms with Gasteiger partial charge in [0.1, 0.15) is 11.7 Å². The predicted octanol–water partition coefficient (Wildman–Crippen LogP) is 3.91. The van der Waals surface area contributed by atoms with E-state index in [1.165, 1.54) is 45.6 Å². The van der Waals surface area contributed by atoms with E-state index in [2.05, 4.69) is 20.9 Å². The van der Waals surface area contributed by atoms with E-state index < -0.39 is 29.5 Å². The van der Waals surface area contributed by atoms with Crippen molar-refractivity contribution in [3.63, 3.8) is 0 Å². The second kappa shape index (κ2) is 12.1. The monoisotopic (exact) mass is 591 g/mol. The summed E-state index contributed by atoms with van der Waals surface area (Å²) in [5.74, 6) is -0.0682. The molecule has 2 aromatic rings. The number of aromatic amines is 1. The molecule has 10 heteroatoms. The third-order valence-corrected chi connectivity index (χ3v) is 9.89. The van der Waals surface area contributed by atoms with E-state index in [-0.39, 0.29) is 29.5 Å². The lowest BCUT2D eigenvalue weighted by molar-refractivity contribution is -0.137. The van der Waals surface area contributed by atoms with Crippen LogP contribution in [-0.4, -0.2) is 46.1 Å². The van der Waals surface area contributed by atoms with E-state index in [1.807, 2.05) is 20.8 Å². The van der Waals surface area contributed by atoms with Gasteiger partial charge in [0, 0.05) is 38.6 Å². The molecule has 0 aromatic carbocycles. The van der Waals surface area contributed by atoms with E-state index in [0.717, 1.165) is 29.7 Å². The zero-order chi connectivity index (χ0) is 30.9. The molecule has 2 heterocycles. The quantitative estimate of drug-likeness (QED) is 0.293. The summed E-state index contributed by atoms with van der Waals surface area (Å²) < 4.78 is 1.67. The molecule has 232 valence electrons. The van der Waals surface area contributed by atoms with Gasteiger partial charge in [-0.1, -0.05) is 20.8 Å². The average Bonchev–Trinajstić information content (AvgIpc) is 3.45. The Morgan fingerprint density at radius 1 is 1.05 bits per heavy atom. The fourth-order valence-electron chi connectivity index (χ4n) is 8.19. The first-order valence-electron chi connectivity index (χ1n) is 15.6. The zero-order valence-electron chi connectivity index (χ0n) is 25.8. The van der Waals surface area contributed by atoms with Crippen LogP contribution in [0.2, 0.25) is 0 Å². The molecule has 4 aliphatic rings. The van der Waals surface area contributed by atoms with E-state index in [1.54, 1.807) is 35.3 Å². The number of rotatable bonds is 11. The number of carbonyl (C=O) groups excluding carboxylic acids is 4. The summed E-state index contributed by atoms with van der Waals surface area (Å²) in [5, 5.41) is 7.72. The highest BCUT2D eigenvalue weighted by Crippen LogP contribution is 2.61. The van der Waals surface area contributed by atoms with Crippen LogP contribution in [0, 0.1) is 23.2 Å². The lowest BCUT2D eigenvalue weighted by Gasteiger charge is -2.57. The van der Waals surface area contributed by atoms with Gasteiger partial charge in [-0.05, 0) is 97.6 Å². The molecule has 4 saturated carbocycles. The smallest absolute Gasteiger partial charge is 0.287 e. The maximum absolute atomic E-state index is 13.5. The van der Waals surface area contributed by atoms with Crippen LogP contribution in [-0.2, 0) is 26.3 Å². The Morgan fingerprint density at radius 3 is 2.30 bits per heavy atom. The molecule has 4 aliphatic carbocycles. The maximum atomic E-state index is 13.5. The molecule has 1 atom stereocenters. The number of amides is 3. The summed E-state index contributed by atoms with van der Waals surface area (Å²) in [7, 11) is 1.36. The van der Waals surface area contributed by atoms with Gasteiger partial charge < -0.3 is 25.5 Å². The van der Waals surface area contributed by atoms with Crippen molar-refractivity contribution in [1.29, 1.82) is 0 Å². The zero-order valence-corrected chi connectivity index (χ0v) is 25.8. The fraction of sp³-hybridized carbons (Fsp3) is 0.606. The molecule has 6 rings (SSSR count). The van der Waals surface area contributed by atoms with E-state index in [9.17, 15) is 24.0 Å². The summed E-state index contributed by atoms with van der Waals surface area (Å²) in [6.07, 6.45) is 13.6. The largest absolute Gasteiger partial charge is 0.367 e. The number of hydrogen-bond donors (Lipinski definition) is 4. The van der Waals surface area contributed by atoms with Crippen LogP contribution in [0.15, 0.2) is 35.5 Å². The Kier molecular flexibility index (Phi) is 8.68. The number of aryl methyl sites for hydroxylation is 1. The highest BCUT2D eigenvalue weighted by Gasteiger charge is 2.50.